The van der Waals surface area contributed by atoms with E-state index < -0.39 is 29.4 Å². The Balaban J connectivity index is 0.831. The summed E-state index contributed by atoms with van der Waals surface area (Å²) in [5, 5.41) is 21.4. The number of benzene rings is 3. The van der Waals surface area contributed by atoms with Crippen LogP contribution in [0.3, 0.4) is 0 Å². The molecule has 2 aliphatic rings. The van der Waals surface area contributed by atoms with Crippen LogP contribution in [0.5, 0.6) is 5.75 Å². The quantitative estimate of drug-likeness (QED) is 0.0630. The minimum Gasteiger partial charge on any atom is -0.490 e. The number of ether oxygens (including phenoxy) is 2. The van der Waals surface area contributed by atoms with Crippen molar-refractivity contribution in [2.24, 2.45) is 29.1 Å². The molecule has 2 amide bonds. The van der Waals surface area contributed by atoms with Gasteiger partial charge in [-0.1, -0.05) is 63.6 Å². The third kappa shape index (κ3) is 12.2. The van der Waals surface area contributed by atoms with Gasteiger partial charge in [-0.3, -0.25) is 19.4 Å². The minimum atomic E-state index is -0.731. The highest BCUT2D eigenvalue weighted by Crippen LogP contribution is 2.42. The number of halogens is 2. The number of aryl methyl sites for hydroxylation is 1. The number of thiazole rings is 1. The van der Waals surface area contributed by atoms with Crippen LogP contribution in [0.25, 0.3) is 21.3 Å². The van der Waals surface area contributed by atoms with Crippen LogP contribution in [-0.4, -0.2) is 71.2 Å². The Morgan fingerprint density at radius 2 is 1.69 bits per heavy atom. The number of fused-ring (bicyclic) bond motifs is 1. The summed E-state index contributed by atoms with van der Waals surface area (Å²) >= 11 is 8.06. The van der Waals surface area contributed by atoms with Gasteiger partial charge in [0.15, 0.2) is 5.78 Å². The second-order valence-corrected chi connectivity index (χ2v) is 20.0. The fourth-order valence-electron chi connectivity index (χ4n) is 9.51. The first kappa shape index (κ1) is 48.2. The summed E-state index contributed by atoms with van der Waals surface area (Å²) in [5.41, 5.74) is 6.88. The summed E-state index contributed by atoms with van der Waals surface area (Å²) in [7, 11) is 0. The van der Waals surface area contributed by atoms with Crippen molar-refractivity contribution >= 4 is 57.1 Å². The normalized spacial score (nSPS) is 20.9. The maximum Gasteiger partial charge on any atom is 0.227 e. The van der Waals surface area contributed by atoms with Gasteiger partial charge in [-0.25, -0.2) is 9.37 Å². The van der Waals surface area contributed by atoms with Crippen LogP contribution in [-0.2, 0) is 25.7 Å². The van der Waals surface area contributed by atoms with Gasteiger partial charge in [0.05, 0.1) is 57.9 Å². The molecule has 2 aliphatic carbocycles. The van der Waals surface area contributed by atoms with Crippen molar-refractivity contribution < 1.29 is 33.4 Å². The molecule has 0 bridgehead atoms. The van der Waals surface area contributed by atoms with Gasteiger partial charge in [0.1, 0.15) is 18.2 Å². The van der Waals surface area contributed by atoms with Gasteiger partial charge in [-0.2, -0.15) is 0 Å². The topological polar surface area (TPSA) is 152 Å². The molecule has 0 spiro atoms. The van der Waals surface area contributed by atoms with Crippen molar-refractivity contribution in [1.29, 1.82) is 0 Å². The maximum absolute atomic E-state index is 14.1. The third-order valence-corrected chi connectivity index (χ3v) is 14.5. The number of aliphatic hydroxyl groups is 1. The molecule has 2 fully saturated rings. The average molecular weight is 927 g/mol. The number of anilines is 1. The molecule has 2 saturated carbocycles. The number of nitrogens with zero attached hydrogens (tertiary/aromatic N) is 2. The Morgan fingerprint density at radius 1 is 0.938 bits per heavy atom. The Hall–Kier alpha value is -4.79. The number of carbonyl (C=O) groups excluding carboxylic acids is 3. The van der Waals surface area contributed by atoms with E-state index in [1.54, 1.807) is 47.9 Å². The number of pyridine rings is 1. The number of rotatable bonds is 18. The monoisotopic (exact) mass is 925 g/mol. The van der Waals surface area contributed by atoms with Gasteiger partial charge < -0.3 is 30.5 Å². The van der Waals surface area contributed by atoms with Gasteiger partial charge in [-0.15, -0.1) is 11.3 Å². The van der Waals surface area contributed by atoms with Gasteiger partial charge in [0, 0.05) is 48.3 Å². The predicted molar refractivity (Wildman–Crippen MR) is 255 cm³/mol. The highest BCUT2D eigenvalue weighted by Gasteiger charge is 2.46. The van der Waals surface area contributed by atoms with Crippen molar-refractivity contribution in [3.8, 4) is 16.2 Å². The van der Waals surface area contributed by atoms with Crippen LogP contribution in [0.15, 0.2) is 78.4 Å². The van der Waals surface area contributed by atoms with Gasteiger partial charge in [0.2, 0.25) is 11.8 Å². The maximum atomic E-state index is 14.1. The zero-order valence-electron chi connectivity index (χ0n) is 37.9. The van der Waals surface area contributed by atoms with Crippen molar-refractivity contribution in [3.63, 3.8) is 0 Å². The van der Waals surface area contributed by atoms with E-state index in [0.29, 0.717) is 42.1 Å². The van der Waals surface area contributed by atoms with E-state index in [-0.39, 0.29) is 61.3 Å². The second kappa shape index (κ2) is 21.7. The van der Waals surface area contributed by atoms with Gasteiger partial charge >= 0.3 is 0 Å². The van der Waals surface area contributed by atoms with Crippen molar-refractivity contribution in [2.75, 3.05) is 31.7 Å². The highest BCUT2D eigenvalue weighted by atomic mass is 35.5. The molecule has 2 heterocycles. The Bertz CT molecular complexity index is 2430. The van der Waals surface area contributed by atoms with Crippen LogP contribution in [0.4, 0.5) is 10.1 Å². The van der Waals surface area contributed by atoms with Crippen LogP contribution >= 0.6 is 22.9 Å². The number of amides is 2. The molecule has 65 heavy (non-hydrogen) atoms. The predicted octanol–water partition coefficient (Wildman–Crippen LogP) is 9.68. The number of hydrogen-bond donors (Lipinski definition) is 4. The van der Waals surface area contributed by atoms with E-state index in [1.807, 2.05) is 70.5 Å². The molecule has 14 heteroatoms. The molecule has 11 nitrogen and oxygen atoms in total. The number of aliphatic hydroxyl groups excluding tert-OH is 1. The summed E-state index contributed by atoms with van der Waals surface area (Å²) in [6.07, 6.45) is 5.17. The third-order valence-electron chi connectivity index (χ3n) is 13.2. The van der Waals surface area contributed by atoms with Crippen molar-refractivity contribution in [3.05, 3.63) is 106 Å². The molecule has 7 rings (SSSR count). The molecule has 5 aromatic rings. The number of carbonyl (C=O) groups is 3. The number of hydrogen-bond acceptors (Lipinski definition) is 10. The molecule has 2 unspecified atom stereocenters. The first-order valence-corrected chi connectivity index (χ1v) is 24.0. The largest absolute Gasteiger partial charge is 0.490 e. The smallest absolute Gasteiger partial charge is 0.227 e. The molecule has 5 atom stereocenters. The van der Waals surface area contributed by atoms with Crippen LogP contribution in [0.2, 0.25) is 5.02 Å². The lowest BCUT2D eigenvalue weighted by molar-refractivity contribution is -0.135. The molecule has 4 N–H and O–H groups in total. The molecule has 346 valence electrons. The fourth-order valence-corrected chi connectivity index (χ4v) is 10.5. The summed E-state index contributed by atoms with van der Waals surface area (Å²) < 4.78 is 25.9. The van der Waals surface area contributed by atoms with Crippen molar-refractivity contribution in [1.82, 2.24) is 20.6 Å². The number of nitrogens with one attached hydrogen (secondary N) is 3. The Kier molecular flexibility index (Phi) is 16.1. The van der Waals surface area contributed by atoms with E-state index in [2.05, 4.69) is 25.9 Å². The van der Waals surface area contributed by atoms with Gasteiger partial charge in [-0.05, 0) is 116 Å². The number of Topliss-reactive ketones (excluding diaryl/α,β-unsaturated/α-hetero) is 1. The standard InChI is InChI=1S/C51H61ClFN5O6S/c1-30(33-10-12-34(13-11-33)39-18-19-54-44-17-14-36(53)24-40(39)44)49(61)58-37-15-16-43(52)45(25-37)64-23-22-63-21-20-55-48(51(3,4)5)46(60)41-26-38(59)27-42(41)50(62)56-28-32-6-8-35(9-7-32)47-31(2)57-29-65-47/h6-9,14-19,24-25,29-30,33-34,38,41-42,48,55,59H,10-13,20-23,26-28H2,1-5H3,(H,56,62)(H,58,61)/t30-,33-,34+,38+,41?,42?,48-/m1/s1. The van der Waals surface area contributed by atoms with Crippen LogP contribution in [0, 0.1) is 41.8 Å². The van der Waals surface area contributed by atoms with E-state index in [9.17, 15) is 23.9 Å². The average Bonchev–Trinajstić information content (AvgIpc) is 3.91. The Labute approximate surface area is 390 Å². The van der Waals surface area contributed by atoms with E-state index in [0.717, 1.165) is 63.8 Å². The van der Waals surface area contributed by atoms with E-state index >= 15 is 0 Å². The molecular weight excluding hydrogens is 865 g/mol. The summed E-state index contributed by atoms with van der Waals surface area (Å²) in [6.45, 7) is 11.4. The van der Waals surface area contributed by atoms with Crippen LogP contribution in [0.1, 0.15) is 89.0 Å². The molecule has 0 aliphatic heterocycles. The molecule has 0 radical (unpaired) electrons. The molecule has 2 aromatic heterocycles. The van der Waals surface area contributed by atoms with Crippen molar-refractivity contribution in [2.45, 2.75) is 97.8 Å². The van der Waals surface area contributed by atoms with Gasteiger partial charge in [0.25, 0.3) is 0 Å². The van der Waals surface area contributed by atoms with E-state index in [4.69, 9.17) is 21.1 Å². The number of ketones is 1. The molecule has 3 aromatic carbocycles. The second-order valence-electron chi connectivity index (χ2n) is 18.7. The highest BCUT2D eigenvalue weighted by molar-refractivity contribution is 7.13. The zero-order chi connectivity index (χ0) is 46.3. The molecule has 0 saturated heterocycles. The summed E-state index contributed by atoms with van der Waals surface area (Å²) in [4.78, 5) is 50.9. The summed E-state index contributed by atoms with van der Waals surface area (Å²) in [5.74, 6) is -1.15. The molecular formula is C51H61ClFN5O6S. The lowest BCUT2D eigenvalue weighted by atomic mass is 9.73. The zero-order valence-corrected chi connectivity index (χ0v) is 39.4. The first-order valence-electron chi connectivity index (χ1n) is 22.7. The SMILES string of the molecule is Cc1ncsc1-c1ccc(CNC(=O)C2C[C@@H](O)CC2C(=O)[C@@H](NCCOCCOc2cc(NC(=O)[C@H](C)[C@H]3CC[C@@H](c4ccnc5ccc(F)cc54)CC3)ccc2Cl)C(C)(C)C)cc1. The fraction of sp³-hybridized carbons (Fsp3) is 0.471. The van der Waals surface area contributed by atoms with Crippen LogP contribution < -0.4 is 20.7 Å². The Morgan fingerprint density at radius 3 is 2.42 bits per heavy atom. The lowest BCUT2D eigenvalue weighted by Gasteiger charge is -2.33. The number of aromatic nitrogens is 2. The lowest BCUT2D eigenvalue weighted by Crippen LogP contribution is -2.51. The van der Waals surface area contributed by atoms with E-state index in [1.165, 1.54) is 6.07 Å². The first-order chi connectivity index (χ1) is 31.2. The minimum absolute atomic E-state index is 0.0656. The summed E-state index contributed by atoms with van der Waals surface area (Å²) in [6, 6.07) is 19.3.